The molecule has 0 radical (unpaired) electrons. The van der Waals surface area contributed by atoms with E-state index in [-0.39, 0.29) is 0 Å². The second kappa shape index (κ2) is 4.86. The van der Waals surface area contributed by atoms with Crippen LogP contribution in [0.25, 0.3) is 0 Å². The van der Waals surface area contributed by atoms with Gasteiger partial charge >= 0.3 is 0 Å². The monoisotopic (exact) mass is 169 g/mol. The molecule has 1 aliphatic rings. The third kappa shape index (κ3) is 4.10. The summed E-state index contributed by atoms with van der Waals surface area (Å²) in [5, 5.41) is 3.50. The van der Waals surface area contributed by atoms with Gasteiger partial charge in [0.05, 0.1) is 0 Å². The van der Waals surface area contributed by atoms with Crippen LogP contribution in [0.2, 0.25) is 0 Å². The zero-order chi connectivity index (χ0) is 8.97. The molecule has 1 fully saturated rings. The third-order valence-corrected chi connectivity index (χ3v) is 2.76. The Morgan fingerprint density at radius 3 is 2.42 bits per heavy atom. The second-order valence-corrected chi connectivity index (χ2v) is 4.70. The van der Waals surface area contributed by atoms with E-state index in [1.165, 1.54) is 32.4 Å². The maximum absolute atomic E-state index is 3.50. The molecule has 1 nitrogen and oxygen atoms in total. The molecule has 1 atom stereocenters. The molecule has 0 aliphatic heterocycles. The molecule has 0 spiro atoms. The second-order valence-electron chi connectivity index (χ2n) is 4.70. The van der Waals surface area contributed by atoms with Crippen LogP contribution < -0.4 is 5.32 Å². The molecule has 1 aliphatic carbocycles. The van der Waals surface area contributed by atoms with E-state index >= 15 is 0 Å². The van der Waals surface area contributed by atoms with E-state index in [0.29, 0.717) is 0 Å². The maximum Gasteiger partial charge on any atom is -0.00258 e. The summed E-state index contributed by atoms with van der Waals surface area (Å²) in [6.07, 6.45) is 4.36. The number of hydrogen-bond acceptors (Lipinski definition) is 1. The molecule has 0 saturated heterocycles. The Kier molecular flexibility index (Phi) is 4.07. The first-order valence-corrected chi connectivity index (χ1v) is 5.41. The first-order valence-electron chi connectivity index (χ1n) is 5.41. The van der Waals surface area contributed by atoms with Crippen molar-refractivity contribution in [1.29, 1.82) is 0 Å². The van der Waals surface area contributed by atoms with Crippen LogP contribution >= 0.6 is 0 Å². The highest BCUT2D eigenvalue weighted by atomic mass is 14.8. The van der Waals surface area contributed by atoms with E-state index in [9.17, 15) is 0 Å². The summed E-state index contributed by atoms with van der Waals surface area (Å²) in [6, 6.07) is 0. The number of nitrogens with one attached hydrogen (secondary N) is 1. The quantitative estimate of drug-likeness (QED) is 0.603. The molecule has 72 valence electrons. The van der Waals surface area contributed by atoms with Crippen molar-refractivity contribution in [3.8, 4) is 0 Å². The Morgan fingerprint density at radius 2 is 1.92 bits per heavy atom. The molecular weight excluding hydrogens is 146 g/mol. The standard InChI is InChI=1S/C11H23N/c1-9(2)8-12-7-6-10(3)11-4-5-11/h9-12H,4-8H2,1-3H3. The van der Waals surface area contributed by atoms with Crippen LogP contribution in [0.3, 0.4) is 0 Å². The SMILES string of the molecule is CC(C)CNCCC(C)C1CC1. The molecular formula is C11H23N. The molecule has 0 amide bonds. The number of hydrogen-bond donors (Lipinski definition) is 1. The highest BCUT2D eigenvalue weighted by Gasteiger charge is 2.26. The van der Waals surface area contributed by atoms with Gasteiger partial charge in [-0.1, -0.05) is 20.8 Å². The molecule has 12 heavy (non-hydrogen) atoms. The van der Waals surface area contributed by atoms with Crippen LogP contribution in [-0.2, 0) is 0 Å². The smallest absolute Gasteiger partial charge is 0.00258 e. The average molecular weight is 169 g/mol. The van der Waals surface area contributed by atoms with E-state index in [1.54, 1.807) is 0 Å². The highest BCUT2D eigenvalue weighted by Crippen LogP contribution is 2.37. The zero-order valence-corrected chi connectivity index (χ0v) is 8.77. The fraction of sp³-hybridized carbons (Fsp3) is 1.00. The third-order valence-electron chi connectivity index (χ3n) is 2.76. The van der Waals surface area contributed by atoms with Crippen molar-refractivity contribution in [2.45, 2.75) is 40.0 Å². The van der Waals surface area contributed by atoms with Crippen molar-refractivity contribution in [2.75, 3.05) is 13.1 Å². The summed E-state index contributed by atoms with van der Waals surface area (Å²) >= 11 is 0. The Morgan fingerprint density at radius 1 is 1.25 bits per heavy atom. The Labute approximate surface area is 76.9 Å². The van der Waals surface area contributed by atoms with Crippen LogP contribution in [0.1, 0.15) is 40.0 Å². The van der Waals surface area contributed by atoms with E-state index in [0.717, 1.165) is 17.8 Å². The van der Waals surface area contributed by atoms with Gasteiger partial charge in [-0.15, -0.1) is 0 Å². The van der Waals surface area contributed by atoms with Gasteiger partial charge in [-0.05, 0) is 50.1 Å². The van der Waals surface area contributed by atoms with Gasteiger partial charge in [0.1, 0.15) is 0 Å². The van der Waals surface area contributed by atoms with Crippen LogP contribution in [0.15, 0.2) is 0 Å². The van der Waals surface area contributed by atoms with Gasteiger partial charge in [0.25, 0.3) is 0 Å². The molecule has 0 aromatic rings. The van der Waals surface area contributed by atoms with Crippen molar-refractivity contribution in [2.24, 2.45) is 17.8 Å². The fourth-order valence-electron chi connectivity index (χ4n) is 1.62. The van der Waals surface area contributed by atoms with Crippen molar-refractivity contribution >= 4 is 0 Å². The van der Waals surface area contributed by atoms with Crippen LogP contribution in [0.5, 0.6) is 0 Å². The lowest BCUT2D eigenvalue weighted by Crippen LogP contribution is -2.22. The van der Waals surface area contributed by atoms with Crippen molar-refractivity contribution in [3.63, 3.8) is 0 Å². The molecule has 1 saturated carbocycles. The Hall–Kier alpha value is -0.0400. The molecule has 0 bridgehead atoms. The van der Waals surface area contributed by atoms with E-state index < -0.39 is 0 Å². The highest BCUT2D eigenvalue weighted by molar-refractivity contribution is 4.78. The summed E-state index contributed by atoms with van der Waals surface area (Å²) in [4.78, 5) is 0. The van der Waals surface area contributed by atoms with Gasteiger partial charge in [-0.2, -0.15) is 0 Å². The molecule has 1 unspecified atom stereocenters. The minimum atomic E-state index is 0.793. The zero-order valence-electron chi connectivity index (χ0n) is 8.77. The van der Waals surface area contributed by atoms with Gasteiger partial charge in [0, 0.05) is 0 Å². The lowest BCUT2D eigenvalue weighted by molar-refractivity contribution is 0.438. The normalized spacial score (nSPS) is 20.0. The van der Waals surface area contributed by atoms with Crippen molar-refractivity contribution < 1.29 is 0 Å². The minimum absolute atomic E-state index is 0.793. The summed E-state index contributed by atoms with van der Waals surface area (Å²) < 4.78 is 0. The maximum atomic E-state index is 3.50. The van der Waals surface area contributed by atoms with E-state index in [1.807, 2.05) is 0 Å². The fourth-order valence-corrected chi connectivity index (χ4v) is 1.62. The molecule has 0 aromatic heterocycles. The largest absolute Gasteiger partial charge is 0.316 e. The van der Waals surface area contributed by atoms with Gasteiger partial charge in [0.15, 0.2) is 0 Å². The van der Waals surface area contributed by atoms with Crippen LogP contribution in [-0.4, -0.2) is 13.1 Å². The summed E-state index contributed by atoms with van der Waals surface area (Å²) in [7, 11) is 0. The Balaban J connectivity index is 1.87. The summed E-state index contributed by atoms with van der Waals surface area (Å²) in [5.41, 5.74) is 0. The topological polar surface area (TPSA) is 12.0 Å². The van der Waals surface area contributed by atoms with Gasteiger partial charge in [-0.25, -0.2) is 0 Å². The van der Waals surface area contributed by atoms with Crippen LogP contribution in [0, 0.1) is 17.8 Å². The first kappa shape index (κ1) is 10.0. The summed E-state index contributed by atoms with van der Waals surface area (Å²) in [5.74, 6) is 2.83. The van der Waals surface area contributed by atoms with Crippen molar-refractivity contribution in [1.82, 2.24) is 5.32 Å². The first-order chi connectivity index (χ1) is 5.70. The summed E-state index contributed by atoms with van der Waals surface area (Å²) in [6.45, 7) is 9.32. The van der Waals surface area contributed by atoms with Gasteiger partial charge < -0.3 is 5.32 Å². The molecule has 0 heterocycles. The van der Waals surface area contributed by atoms with Gasteiger partial charge in [0.2, 0.25) is 0 Å². The van der Waals surface area contributed by atoms with E-state index in [4.69, 9.17) is 0 Å². The van der Waals surface area contributed by atoms with Gasteiger partial charge in [-0.3, -0.25) is 0 Å². The average Bonchev–Trinajstić information content (AvgIpc) is 2.79. The molecule has 1 rings (SSSR count). The molecule has 1 heteroatoms. The predicted octanol–water partition coefficient (Wildman–Crippen LogP) is 2.67. The Bertz CT molecular complexity index is 116. The lowest BCUT2D eigenvalue weighted by atomic mass is 10.0. The predicted molar refractivity (Wildman–Crippen MR) is 54.2 cm³/mol. The molecule has 0 aromatic carbocycles. The van der Waals surface area contributed by atoms with Crippen molar-refractivity contribution in [3.05, 3.63) is 0 Å². The van der Waals surface area contributed by atoms with E-state index in [2.05, 4.69) is 26.1 Å². The minimum Gasteiger partial charge on any atom is -0.316 e. The van der Waals surface area contributed by atoms with Crippen LogP contribution in [0.4, 0.5) is 0 Å². The molecule has 1 N–H and O–H groups in total. The lowest BCUT2D eigenvalue weighted by Gasteiger charge is -2.11. The number of rotatable bonds is 6.